The minimum absolute atomic E-state index is 0.0252. The molecule has 6 nitrogen and oxygen atoms in total. The van der Waals surface area contributed by atoms with Gasteiger partial charge in [0.15, 0.2) is 17.2 Å². The second kappa shape index (κ2) is 7.98. The van der Waals surface area contributed by atoms with Gasteiger partial charge in [0, 0.05) is 11.1 Å². The van der Waals surface area contributed by atoms with Crippen LogP contribution in [0.3, 0.4) is 0 Å². The molecule has 4 rings (SSSR count). The van der Waals surface area contributed by atoms with Crippen LogP contribution in [-0.2, 0) is 11.3 Å². The van der Waals surface area contributed by atoms with Crippen molar-refractivity contribution in [1.29, 1.82) is 0 Å². The Morgan fingerprint density at radius 1 is 1.00 bits per heavy atom. The molecule has 0 unspecified atom stereocenters. The van der Waals surface area contributed by atoms with Crippen LogP contribution in [-0.4, -0.2) is 30.0 Å². The van der Waals surface area contributed by atoms with Crippen molar-refractivity contribution in [1.82, 2.24) is 0 Å². The van der Waals surface area contributed by atoms with E-state index in [1.54, 1.807) is 23.1 Å². The Hall–Kier alpha value is -3.93. The van der Waals surface area contributed by atoms with Gasteiger partial charge in [-0.05, 0) is 23.8 Å². The highest BCUT2D eigenvalue weighted by molar-refractivity contribution is 6.54. The first-order valence-electron chi connectivity index (χ1n) is 9.11. The Balaban J connectivity index is 1.65. The predicted octanol–water partition coefficient (Wildman–Crippen LogP) is 3.77. The number of rotatable bonds is 5. The Morgan fingerprint density at radius 3 is 2.55 bits per heavy atom. The fourth-order valence-electron chi connectivity index (χ4n) is 3.24. The Kier molecular flexibility index (Phi) is 5.07. The zero-order valence-electron chi connectivity index (χ0n) is 15.8. The van der Waals surface area contributed by atoms with Gasteiger partial charge in [-0.2, -0.15) is 5.10 Å². The molecule has 1 aliphatic heterocycles. The largest absolute Gasteiger partial charge is 0.504 e. The molecule has 3 aromatic rings. The van der Waals surface area contributed by atoms with E-state index < -0.39 is 0 Å². The molecule has 0 bridgehead atoms. The van der Waals surface area contributed by atoms with Gasteiger partial charge in [0.25, 0.3) is 5.91 Å². The summed E-state index contributed by atoms with van der Waals surface area (Å²) in [4.78, 5) is 14.7. The standard InChI is InChI=1S/C23H19N3O3/c1-29-20-13-7-10-17(22(20)27)14-24-25-21-18-11-5-6-12-19(18)26(23(21)28)15-16-8-3-2-4-9-16/h2-14,27H,15H2,1H3/b24-14+,25-21-. The number of fused-ring (bicyclic) bond motifs is 1. The highest BCUT2D eigenvalue weighted by Gasteiger charge is 2.33. The molecule has 1 amide bonds. The molecule has 0 aliphatic carbocycles. The Bertz CT molecular complexity index is 1110. The van der Waals surface area contributed by atoms with Crippen LogP contribution < -0.4 is 9.64 Å². The monoisotopic (exact) mass is 385 g/mol. The van der Waals surface area contributed by atoms with Gasteiger partial charge in [-0.15, -0.1) is 5.10 Å². The molecular weight excluding hydrogens is 366 g/mol. The first-order valence-corrected chi connectivity index (χ1v) is 9.11. The van der Waals surface area contributed by atoms with Gasteiger partial charge in [0.05, 0.1) is 25.6 Å². The molecule has 0 spiro atoms. The molecule has 29 heavy (non-hydrogen) atoms. The van der Waals surface area contributed by atoms with E-state index >= 15 is 0 Å². The lowest BCUT2D eigenvalue weighted by atomic mass is 10.1. The molecule has 6 heteroatoms. The van der Waals surface area contributed by atoms with Crippen LogP contribution in [0, 0.1) is 0 Å². The summed E-state index contributed by atoms with van der Waals surface area (Å²) in [5.41, 5.74) is 3.30. The number of carbonyl (C=O) groups is 1. The fourth-order valence-corrected chi connectivity index (χ4v) is 3.24. The van der Waals surface area contributed by atoms with Crippen LogP contribution in [0.1, 0.15) is 16.7 Å². The molecule has 3 aromatic carbocycles. The highest BCUT2D eigenvalue weighted by Crippen LogP contribution is 2.31. The Labute approximate surface area is 168 Å². The van der Waals surface area contributed by atoms with Gasteiger partial charge in [-0.1, -0.05) is 54.6 Å². The summed E-state index contributed by atoms with van der Waals surface area (Å²) in [5, 5.41) is 18.4. The number of phenols is 1. The summed E-state index contributed by atoms with van der Waals surface area (Å²) >= 11 is 0. The number of hydrogen-bond acceptors (Lipinski definition) is 5. The smallest absolute Gasteiger partial charge is 0.279 e. The molecule has 1 heterocycles. The quantitative estimate of drug-likeness (QED) is 0.537. The lowest BCUT2D eigenvalue weighted by Crippen LogP contribution is -2.29. The zero-order chi connectivity index (χ0) is 20.2. The maximum Gasteiger partial charge on any atom is 0.279 e. The number of anilines is 1. The normalized spacial score (nSPS) is 14.6. The van der Waals surface area contributed by atoms with Crippen molar-refractivity contribution in [2.24, 2.45) is 10.2 Å². The van der Waals surface area contributed by atoms with E-state index in [-0.39, 0.29) is 17.4 Å². The first kappa shape index (κ1) is 18.4. The number of ether oxygens (including phenoxy) is 1. The third-order valence-corrected chi connectivity index (χ3v) is 4.69. The van der Waals surface area contributed by atoms with Gasteiger partial charge in [0.1, 0.15) is 0 Å². The summed E-state index contributed by atoms with van der Waals surface area (Å²) in [5.74, 6) is 0.114. The van der Waals surface area contributed by atoms with E-state index in [0.29, 0.717) is 17.9 Å². The van der Waals surface area contributed by atoms with Gasteiger partial charge >= 0.3 is 0 Å². The van der Waals surface area contributed by atoms with Crippen molar-refractivity contribution in [2.75, 3.05) is 12.0 Å². The van der Waals surface area contributed by atoms with E-state index in [9.17, 15) is 9.90 Å². The number of aromatic hydroxyl groups is 1. The van der Waals surface area contributed by atoms with Crippen molar-refractivity contribution in [2.45, 2.75) is 6.54 Å². The van der Waals surface area contributed by atoms with Crippen molar-refractivity contribution in [3.05, 3.63) is 89.5 Å². The predicted molar refractivity (Wildman–Crippen MR) is 113 cm³/mol. The molecule has 0 radical (unpaired) electrons. The lowest BCUT2D eigenvalue weighted by Gasteiger charge is -2.16. The number of nitrogens with zero attached hydrogens (tertiary/aromatic N) is 3. The van der Waals surface area contributed by atoms with E-state index in [4.69, 9.17) is 4.74 Å². The van der Waals surface area contributed by atoms with Crippen molar-refractivity contribution in [3.63, 3.8) is 0 Å². The Morgan fingerprint density at radius 2 is 1.76 bits per heavy atom. The average Bonchev–Trinajstić information content (AvgIpc) is 3.01. The molecule has 0 fully saturated rings. The van der Waals surface area contributed by atoms with Gasteiger partial charge in [-0.25, -0.2) is 0 Å². The molecule has 144 valence electrons. The molecule has 0 saturated heterocycles. The summed E-state index contributed by atoms with van der Waals surface area (Å²) < 4.78 is 5.09. The molecule has 0 aromatic heterocycles. The van der Waals surface area contributed by atoms with E-state index in [2.05, 4.69) is 10.2 Å². The number of para-hydroxylation sites is 2. The molecule has 0 atom stereocenters. The van der Waals surface area contributed by atoms with Crippen LogP contribution in [0.5, 0.6) is 11.5 Å². The maximum absolute atomic E-state index is 13.0. The number of hydrogen-bond donors (Lipinski definition) is 1. The number of amides is 1. The van der Waals surface area contributed by atoms with Crippen LogP contribution in [0.15, 0.2) is 83.0 Å². The molecule has 1 N–H and O–H groups in total. The zero-order valence-corrected chi connectivity index (χ0v) is 15.8. The topological polar surface area (TPSA) is 74.5 Å². The average molecular weight is 385 g/mol. The first-order chi connectivity index (χ1) is 14.2. The van der Waals surface area contributed by atoms with Crippen molar-refractivity contribution >= 4 is 23.5 Å². The molecule has 0 saturated carbocycles. The molecule has 1 aliphatic rings. The summed E-state index contributed by atoms with van der Waals surface area (Å²) in [7, 11) is 1.48. The van der Waals surface area contributed by atoms with E-state index in [0.717, 1.165) is 16.8 Å². The van der Waals surface area contributed by atoms with Gasteiger partial charge < -0.3 is 14.7 Å². The van der Waals surface area contributed by atoms with E-state index in [1.807, 2.05) is 54.6 Å². The van der Waals surface area contributed by atoms with Crippen LogP contribution in [0.4, 0.5) is 5.69 Å². The number of benzene rings is 3. The summed E-state index contributed by atoms with van der Waals surface area (Å²) in [6.45, 7) is 0.454. The van der Waals surface area contributed by atoms with Gasteiger partial charge in [-0.3, -0.25) is 4.79 Å². The third-order valence-electron chi connectivity index (χ3n) is 4.69. The maximum atomic E-state index is 13.0. The SMILES string of the molecule is COc1cccc(/C=N/N=C2\C(=O)N(Cc3ccccc3)c3ccccc32)c1O. The van der Waals surface area contributed by atoms with Crippen LogP contribution in [0.2, 0.25) is 0 Å². The molecular formula is C23H19N3O3. The van der Waals surface area contributed by atoms with Crippen molar-refractivity contribution < 1.29 is 14.6 Å². The highest BCUT2D eigenvalue weighted by atomic mass is 16.5. The minimum atomic E-state index is -0.206. The second-order valence-electron chi connectivity index (χ2n) is 6.49. The number of carbonyl (C=O) groups excluding carboxylic acids is 1. The number of phenolic OH excluding ortho intramolecular Hbond substituents is 1. The minimum Gasteiger partial charge on any atom is -0.504 e. The van der Waals surface area contributed by atoms with Gasteiger partial charge in [0.2, 0.25) is 0 Å². The van der Waals surface area contributed by atoms with Crippen molar-refractivity contribution in [3.8, 4) is 11.5 Å². The van der Waals surface area contributed by atoms with Crippen LogP contribution >= 0.6 is 0 Å². The van der Waals surface area contributed by atoms with Crippen LogP contribution in [0.25, 0.3) is 0 Å². The fraction of sp³-hybridized carbons (Fsp3) is 0.0870. The summed E-state index contributed by atoms with van der Waals surface area (Å²) in [6.07, 6.45) is 1.40. The second-order valence-corrected chi connectivity index (χ2v) is 6.49. The summed E-state index contributed by atoms with van der Waals surface area (Å²) in [6, 6.07) is 22.4. The lowest BCUT2D eigenvalue weighted by molar-refractivity contribution is -0.112. The number of methoxy groups -OCH3 is 1. The van der Waals surface area contributed by atoms with E-state index in [1.165, 1.54) is 13.3 Å². The third kappa shape index (κ3) is 3.60.